The minimum Gasteiger partial charge on any atom is -0.336 e. The standard InChI is InChI=1S/C29H34N4O4S/c1-22-7-13-27(14-8-22)38(36,37)33(20-24-6-4-5-23(2)19-24)21-28(34)30-26-11-9-25(10-12-26)29(35)32-17-15-31(3)16-18-32/h4-14,19H,15-18,20-21H2,1-3H3,(H,30,34). The van der Waals surface area contributed by atoms with E-state index < -0.39 is 15.9 Å². The van der Waals surface area contributed by atoms with Gasteiger partial charge in [-0.05, 0) is 62.9 Å². The number of piperazine rings is 1. The summed E-state index contributed by atoms with van der Waals surface area (Å²) in [7, 11) is -1.90. The third-order valence-corrected chi connectivity index (χ3v) is 8.43. The summed E-state index contributed by atoms with van der Waals surface area (Å²) in [6.07, 6.45) is 0. The van der Waals surface area contributed by atoms with Crippen molar-refractivity contribution in [3.8, 4) is 0 Å². The van der Waals surface area contributed by atoms with Crippen LogP contribution in [0.3, 0.4) is 0 Å². The lowest BCUT2D eigenvalue weighted by Crippen LogP contribution is -2.47. The van der Waals surface area contributed by atoms with Crippen LogP contribution in [0.2, 0.25) is 0 Å². The topological polar surface area (TPSA) is 90.0 Å². The Morgan fingerprint density at radius 1 is 0.868 bits per heavy atom. The number of nitrogens with zero attached hydrogens (tertiary/aromatic N) is 3. The zero-order valence-corrected chi connectivity index (χ0v) is 22.9. The van der Waals surface area contributed by atoms with Crippen LogP contribution < -0.4 is 5.32 Å². The van der Waals surface area contributed by atoms with Crippen LogP contribution in [0.4, 0.5) is 5.69 Å². The van der Waals surface area contributed by atoms with Gasteiger partial charge < -0.3 is 15.1 Å². The Hall–Kier alpha value is -3.53. The molecule has 38 heavy (non-hydrogen) atoms. The van der Waals surface area contributed by atoms with Gasteiger partial charge >= 0.3 is 0 Å². The van der Waals surface area contributed by atoms with Crippen molar-refractivity contribution >= 4 is 27.5 Å². The second-order valence-corrected chi connectivity index (χ2v) is 11.7. The second-order valence-electron chi connectivity index (χ2n) is 9.80. The van der Waals surface area contributed by atoms with Gasteiger partial charge in [0.05, 0.1) is 11.4 Å². The van der Waals surface area contributed by atoms with Crippen LogP contribution in [-0.2, 0) is 21.4 Å². The number of amides is 2. The molecule has 0 unspecified atom stereocenters. The maximum atomic E-state index is 13.5. The summed E-state index contributed by atoms with van der Waals surface area (Å²) in [5, 5.41) is 2.78. The molecule has 3 aromatic carbocycles. The first-order valence-corrected chi connectivity index (χ1v) is 14.1. The van der Waals surface area contributed by atoms with Gasteiger partial charge in [0, 0.05) is 44.0 Å². The van der Waals surface area contributed by atoms with Crippen LogP contribution in [0.25, 0.3) is 0 Å². The van der Waals surface area contributed by atoms with E-state index in [4.69, 9.17) is 0 Å². The average molecular weight is 535 g/mol. The molecule has 200 valence electrons. The summed E-state index contributed by atoms with van der Waals surface area (Å²) in [6.45, 7) is 6.57. The van der Waals surface area contributed by atoms with Crippen molar-refractivity contribution in [2.75, 3.05) is 45.1 Å². The van der Waals surface area contributed by atoms with E-state index in [1.807, 2.05) is 50.1 Å². The quantitative estimate of drug-likeness (QED) is 0.478. The predicted octanol–water partition coefficient (Wildman–Crippen LogP) is 3.52. The molecular formula is C29H34N4O4S. The Labute approximate surface area is 224 Å². The maximum absolute atomic E-state index is 13.5. The molecule has 2 amide bonds. The number of likely N-dealkylation sites (N-methyl/N-ethyl adjacent to an activating group) is 1. The van der Waals surface area contributed by atoms with Crippen LogP contribution in [0.1, 0.15) is 27.0 Å². The SMILES string of the molecule is Cc1ccc(S(=O)(=O)N(CC(=O)Nc2ccc(C(=O)N3CCN(C)CC3)cc2)Cc2cccc(C)c2)cc1. The monoisotopic (exact) mass is 534 g/mol. The van der Waals surface area contributed by atoms with E-state index in [2.05, 4.69) is 10.2 Å². The first-order chi connectivity index (χ1) is 18.1. The molecular weight excluding hydrogens is 500 g/mol. The molecule has 1 heterocycles. The van der Waals surface area contributed by atoms with Crippen LogP contribution in [-0.4, -0.2) is 74.1 Å². The molecule has 0 bridgehead atoms. The molecule has 0 radical (unpaired) electrons. The molecule has 1 aliphatic rings. The fourth-order valence-electron chi connectivity index (χ4n) is 4.35. The largest absolute Gasteiger partial charge is 0.336 e. The Kier molecular flexibility index (Phi) is 8.61. The Bertz CT molecular complexity index is 1380. The van der Waals surface area contributed by atoms with E-state index in [0.29, 0.717) is 24.3 Å². The number of carbonyl (C=O) groups excluding carboxylic acids is 2. The fraction of sp³-hybridized carbons (Fsp3) is 0.310. The Balaban J connectivity index is 1.47. The van der Waals surface area contributed by atoms with Gasteiger partial charge in [0.15, 0.2) is 0 Å². The van der Waals surface area contributed by atoms with Crippen LogP contribution >= 0.6 is 0 Å². The van der Waals surface area contributed by atoms with Crippen molar-refractivity contribution in [2.45, 2.75) is 25.3 Å². The summed E-state index contributed by atoms with van der Waals surface area (Å²) >= 11 is 0. The van der Waals surface area contributed by atoms with Crippen molar-refractivity contribution < 1.29 is 18.0 Å². The lowest BCUT2D eigenvalue weighted by atomic mass is 10.1. The zero-order chi connectivity index (χ0) is 27.3. The number of rotatable bonds is 8. The third kappa shape index (κ3) is 6.86. The molecule has 0 aliphatic carbocycles. The van der Waals surface area contributed by atoms with Gasteiger partial charge in [-0.3, -0.25) is 9.59 Å². The summed E-state index contributed by atoms with van der Waals surface area (Å²) in [4.78, 5) is 30.0. The molecule has 1 saturated heterocycles. The molecule has 0 saturated carbocycles. The first kappa shape index (κ1) is 27.5. The molecule has 8 nitrogen and oxygen atoms in total. The van der Waals surface area contributed by atoms with E-state index in [9.17, 15) is 18.0 Å². The summed E-state index contributed by atoms with van der Waals surface area (Å²) in [5.41, 5.74) is 3.79. The lowest BCUT2D eigenvalue weighted by molar-refractivity contribution is -0.116. The number of nitrogens with one attached hydrogen (secondary N) is 1. The smallest absolute Gasteiger partial charge is 0.253 e. The highest BCUT2D eigenvalue weighted by atomic mass is 32.2. The molecule has 0 atom stereocenters. The number of hydrogen-bond acceptors (Lipinski definition) is 5. The van der Waals surface area contributed by atoms with Crippen LogP contribution in [0.5, 0.6) is 0 Å². The predicted molar refractivity (Wildman–Crippen MR) is 148 cm³/mol. The Morgan fingerprint density at radius 2 is 1.53 bits per heavy atom. The second kappa shape index (κ2) is 11.9. The number of sulfonamides is 1. The molecule has 1 fully saturated rings. The van der Waals surface area contributed by atoms with E-state index in [1.54, 1.807) is 48.5 Å². The summed E-state index contributed by atoms with van der Waals surface area (Å²) in [6, 6.07) is 20.9. The van der Waals surface area contributed by atoms with Gasteiger partial charge in [0.25, 0.3) is 5.91 Å². The van der Waals surface area contributed by atoms with Crippen LogP contribution in [0, 0.1) is 13.8 Å². The molecule has 9 heteroatoms. The van der Waals surface area contributed by atoms with E-state index in [1.165, 1.54) is 4.31 Å². The highest BCUT2D eigenvalue weighted by Crippen LogP contribution is 2.20. The van der Waals surface area contributed by atoms with Crippen LogP contribution in [0.15, 0.2) is 77.7 Å². The Morgan fingerprint density at radius 3 is 2.16 bits per heavy atom. The zero-order valence-electron chi connectivity index (χ0n) is 22.1. The van der Waals surface area contributed by atoms with E-state index >= 15 is 0 Å². The highest BCUT2D eigenvalue weighted by Gasteiger charge is 2.27. The normalized spacial score (nSPS) is 14.5. The number of benzene rings is 3. The van der Waals surface area contributed by atoms with Gasteiger partial charge in [0.2, 0.25) is 15.9 Å². The van der Waals surface area contributed by atoms with Gasteiger partial charge in [-0.25, -0.2) is 8.42 Å². The van der Waals surface area contributed by atoms with E-state index in [0.717, 1.165) is 29.8 Å². The van der Waals surface area contributed by atoms with Crippen molar-refractivity contribution in [2.24, 2.45) is 0 Å². The van der Waals surface area contributed by atoms with E-state index in [-0.39, 0.29) is 23.9 Å². The molecule has 1 N–H and O–H groups in total. The molecule has 1 aliphatic heterocycles. The van der Waals surface area contributed by atoms with Crippen molar-refractivity contribution in [1.29, 1.82) is 0 Å². The van der Waals surface area contributed by atoms with Crippen molar-refractivity contribution in [3.05, 3.63) is 95.1 Å². The van der Waals surface area contributed by atoms with Gasteiger partial charge in [0.1, 0.15) is 0 Å². The lowest BCUT2D eigenvalue weighted by Gasteiger charge is -2.32. The maximum Gasteiger partial charge on any atom is 0.253 e. The van der Waals surface area contributed by atoms with Gasteiger partial charge in [-0.2, -0.15) is 4.31 Å². The molecule has 0 aromatic heterocycles. The summed E-state index contributed by atoms with van der Waals surface area (Å²) < 4.78 is 28.2. The highest BCUT2D eigenvalue weighted by molar-refractivity contribution is 7.89. The van der Waals surface area contributed by atoms with Gasteiger partial charge in [-0.1, -0.05) is 47.5 Å². The fourth-order valence-corrected chi connectivity index (χ4v) is 5.73. The minimum absolute atomic E-state index is 0.0375. The third-order valence-electron chi connectivity index (χ3n) is 6.63. The molecule has 0 spiro atoms. The minimum atomic E-state index is -3.93. The average Bonchev–Trinajstić information content (AvgIpc) is 2.89. The van der Waals surface area contributed by atoms with Crippen molar-refractivity contribution in [3.63, 3.8) is 0 Å². The summed E-state index contributed by atoms with van der Waals surface area (Å²) in [5.74, 6) is -0.504. The first-order valence-electron chi connectivity index (χ1n) is 12.6. The number of carbonyl (C=O) groups is 2. The molecule has 4 rings (SSSR count). The number of anilines is 1. The number of hydrogen-bond donors (Lipinski definition) is 1. The number of aryl methyl sites for hydroxylation is 2. The van der Waals surface area contributed by atoms with Crippen molar-refractivity contribution in [1.82, 2.24) is 14.1 Å². The van der Waals surface area contributed by atoms with Gasteiger partial charge in [-0.15, -0.1) is 0 Å². The molecule has 3 aromatic rings.